The summed E-state index contributed by atoms with van der Waals surface area (Å²) in [5.74, 6) is 0.269. The Morgan fingerprint density at radius 1 is 1.12 bits per heavy atom. The highest BCUT2D eigenvalue weighted by Gasteiger charge is 2.22. The van der Waals surface area contributed by atoms with E-state index in [4.69, 9.17) is 4.74 Å². The number of para-hydroxylation sites is 2. The molecule has 0 fully saturated rings. The number of nitrogens with zero attached hydrogens (tertiary/aromatic N) is 1. The fourth-order valence-electron chi connectivity index (χ4n) is 2.51. The van der Waals surface area contributed by atoms with Crippen molar-refractivity contribution < 1.29 is 17.9 Å². The molecule has 0 spiro atoms. The second kappa shape index (κ2) is 8.02. The molecule has 0 heterocycles. The Hall–Kier alpha value is -2.54. The number of rotatable bonds is 7. The van der Waals surface area contributed by atoms with Crippen LogP contribution in [0.4, 0.5) is 5.69 Å². The van der Waals surface area contributed by atoms with Gasteiger partial charge in [-0.1, -0.05) is 36.4 Å². The molecule has 0 aliphatic heterocycles. The maximum Gasteiger partial charge on any atom is 0.241 e. The second-order valence-electron chi connectivity index (χ2n) is 5.64. The minimum Gasteiger partial charge on any atom is -0.496 e. The van der Waals surface area contributed by atoms with Crippen LogP contribution in [-0.2, 0) is 14.8 Å². The number of benzene rings is 2. The molecule has 2 rings (SSSR count). The lowest BCUT2D eigenvalue weighted by molar-refractivity contribution is -0.120. The van der Waals surface area contributed by atoms with E-state index in [2.05, 4.69) is 5.32 Å². The topological polar surface area (TPSA) is 75.7 Å². The molecule has 0 radical (unpaired) electrons. The van der Waals surface area contributed by atoms with E-state index >= 15 is 0 Å². The zero-order valence-electron chi connectivity index (χ0n) is 14.5. The Balaban J connectivity index is 2.14. The van der Waals surface area contributed by atoms with Gasteiger partial charge in [0.05, 0.1) is 25.1 Å². The van der Waals surface area contributed by atoms with Gasteiger partial charge in [-0.3, -0.25) is 9.10 Å². The number of amides is 1. The third kappa shape index (κ3) is 4.96. The van der Waals surface area contributed by atoms with Gasteiger partial charge in [0.1, 0.15) is 12.3 Å². The average Bonchev–Trinajstić information content (AvgIpc) is 2.59. The summed E-state index contributed by atoms with van der Waals surface area (Å²) >= 11 is 0. The van der Waals surface area contributed by atoms with Gasteiger partial charge in [-0.05, 0) is 25.1 Å². The fraction of sp³-hybridized carbons (Fsp3) is 0.278. The molecule has 1 N–H and O–H groups in total. The lowest BCUT2D eigenvalue weighted by Gasteiger charge is -2.23. The van der Waals surface area contributed by atoms with Crippen molar-refractivity contribution in [3.05, 3.63) is 60.2 Å². The minimum atomic E-state index is -3.58. The molecule has 134 valence electrons. The van der Waals surface area contributed by atoms with E-state index < -0.39 is 15.9 Å². The monoisotopic (exact) mass is 362 g/mol. The van der Waals surface area contributed by atoms with E-state index in [0.29, 0.717) is 11.4 Å². The Bertz CT molecular complexity index is 822. The van der Waals surface area contributed by atoms with Crippen LogP contribution in [0.25, 0.3) is 0 Å². The minimum absolute atomic E-state index is 0.289. The summed E-state index contributed by atoms with van der Waals surface area (Å²) in [6, 6.07) is 15.6. The standard InChI is InChI=1S/C18H22N2O4S/c1-14(16-11-7-8-12-17(16)24-2)19-18(21)13-20(25(3,22)23)15-9-5-4-6-10-15/h4-12,14H,13H2,1-3H3,(H,19,21)/t14-/m1/s1. The van der Waals surface area contributed by atoms with Crippen LogP contribution in [0.1, 0.15) is 18.5 Å². The van der Waals surface area contributed by atoms with Gasteiger partial charge in [0.2, 0.25) is 15.9 Å². The number of ether oxygens (including phenoxy) is 1. The van der Waals surface area contributed by atoms with Crippen LogP contribution in [0, 0.1) is 0 Å². The highest BCUT2D eigenvalue weighted by atomic mass is 32.2. The number of carbonyl (C=O) groups excluding carboxylic acids is 1. The lowest BCUT2D eigenvalue weighted by Crippen LogP contribution is -2.41. The van der Waals surface area contributed by atoms with Gasteiger partial charge in [-0.2, -0.15) is 0 Å². The van der Waals surface area contributed by atoms with Crippen molar-refractivity contribution in [2.45, 2.75) is 13.0 Å². The van der Waals surface area contributed by atoms with E-state index in [-0.39, 0.29) is 12.6 Å². The molecule has 1 amide bonds. The first kappa shape index (κ1) is 18.8. The Kier molecular flexibility index (Phi) is 6.03. The number of anilines is 1. The highest BCUT2D eigenvalue weighted by molar-refractivity contribution is 7.92. The Labute approximate surface area is 148 Å². The average molecular weight is 362 g/mol. The maximum absolute atomic E-state index is 12.4. The molecule has 0 aliphatic carbocycles. The summed E-state index contributed by atoms with van der Waals surface area (Å²) in [7, 11) is -2.01. The quantitative estimate of drug-likeness (QED) is 0.820. The van der Waals surface area contributed by atoms with Gasteiger partial charge >= 0.3 is 0 Å². The van der Waals surface area contributed by atoms with Crippen LogP contribution in [-0.4, -0.2) is 34.2 Å². The molecular weight excluding hydrogens is 340 g/mol. The van der Waals surface area contributed by atoms with Crippen molar-refractivity contribution in [3.8, 4) is 5.75 Å². The molecule has 6 nitrogen and oxygen atoms in total. The van der Waals surface area contributed by atoms with Gasteiger partial charge in [0.15, 0.2) is 0 Å². The van der Waals surface area contributed by atoms with E-state index in [0.717, 1.165) is 16.1 Å². The van der Waals surface area contributed by atoms with Crippen LogP contribution in [0.15, 0.2) is 54.6 Å². The van der Waals surface area contributed by atoms with Gasteiger partial charge in [0.25, 0.3) is 0 Å². The zero-order valence-corrected chi connectivity index (χ0v) is 15.3. The van der Waals surface area contributed by atoms with E-state index in [1.807, 2.05) is 31.2 Å². The van der Waals surface area contributed by atoms with Crippen molar-refractivity contribution >= 4 is 21.6 Å². The fourth-order valence-corrected chi connectivity index (χ4v) is 3.37. The smallest absolute Gasteiger partial charge is 0.241 e. The number of carbonyl (C=O) groups is 1. The lowest BCUT2D eigenvalue weighted by atomic mass is 10.1. The van der Waals surface area contributed by atoms with Crippen LogP contribution in [0.2, 0.25) is 0 Å². The normalized spacial score (nSPS) is 12.3. The first-order valence-corrected chi connectivity index (χ1v) is 9.63. The number of nitrogens with one attached hydrogen (secondary N) is 1. The molecule has 0 saturated carbocycles. The molecule has 0 bridgehead atoms. The molecule has 0 aliphatic rings. The second-order valence-corrected chi connectivity index (χ2v) is 7.54. The Morgan fingerprint density at radius 3 is 2.32 bits per heavy atom. The van der Waals surface area contributed by atoms with Gasteiger partial charge in [-0.25, -0.2) is 8.42 Å². The largest absolute Gasteiger partial charge is 0.496 e. The molecule has 2 aromatic carbocycles. The van der Waals surface area contributed by atoms with E-state index in [1.54, 1.807) is 37.4 Å². The van der Waals surface area contributed by atoms with E-state index in [9.17, 15) is 13.2 Å². The van der Waals surface area contributed by atoms with Crippen LogP contribution >= 0.6 is 0 Å². The summed E-state index contributed by atoms with van der Waals surface area (Å²) in [5, 5.41) is 2.82. The number of hydrogen-bond acceptors (Lipinski definition) is 4. The molecule has 7 heteroatoms. The van der Waals surface area contributed by atoms with Crippen molar-refractivity contribution in [2.24, 2.45) is 0 Å². The number of sulfonamides is 1. The molecule has 0 aromatic heterocycles. The zero-order chi connectivity index (χ0) is 18.4. The summed E-state index contributed by atoms with van der Waals surface area (Å²) in [4.78, 5) is 12.4. The van der Waals surface area contributed by atoms with Gasteiger partial charge in [0, 0.05) is 5.56 Å². The third-order valence-electron chi connectivity index (χ3n) is 3.71. The van der Waals surface area contributed by atoms with Crippen molar-refractivity contribution in [3.63, 3.8) is 0 Å². The first-order chi connectivity index (χ1) is 11.8. The molecule has 2 aromatic rings. The summed E-state index contributed by atoms with van der Waals surface area (Å²) in [6.45, 7) is 1.53. The Morgan fingerprint density at radius 2 is 1.72 bits per heavy atom. The summed E-state index contributed by atoms with van der Waals surface area (Å²) < 4.78 is 30.5. The number of methoxy groups -OCH3 is 1. The van der Waals surface area contributed by atoms with Gasteiger partial charge in [-0.15, -0.1) is 0 Å². The van der Waals surface area contributed by atoms with Crippen molar-refractivity contribution in [1.29, 1.82) is 0 Å². The first-order valence-electron chi connectivity index (χ1n) is 7.78. The van der Waals surface area contributed by atoms with Crippen LogP contribution < -0.4 is 14.4 Å². The third-order valence-corrected chi connectivity index (χ3v) is 4.86. The summed E-state index contributed by atoms with van der Waals surface area (Å²) in [5.41, 5.74) is 1.27. The SMILES string of the molecule is COc1ccccc1[C@@H](C)NC(=O)CN(c1ccccc1)S(C)(=O)=O. The molecular formula is C18H22N2O4S. The number of hydrogen-bond donors (Lipinski definition) is 1. The predicted octanol–water partition coefficient (Wildman–Crippen LogP) is 2.34. The summed E-state index contributed by atoms with van der Waals surface area (Å²) in [6.07, 6.45) is 1.08. The van der Waals surface area contributed by atoms with Gasteiger partial charge < -0.3 is 10.1 Å². The molecule has 0 unspecified atom stereocenters. The molecule has 1 atom stereocenters. The van der Waals surface area contributed by atoms with Crippen LogP contribution in [0.3, 0.4) is 0 Å². The predicted molar refractivity (Wildman–Crippen MR) is 98.2 cm³/mol. The van der Waals surface area contributed by atoms with Crippen LogP contribution in [0.5, 0.6) is 5.75 Å². The highest BCUT2D eigenvalue weighted by Crippen LogP contribution is 2.24. The van der Waals surface area contributed by atoms with Crippen molar-refractivity contribution in [1.82, 2.24) is 5.32 Å². The van der Waals surface area contributed by atoms with E-state index in [1.165, 1.54) is 0 Å². The maximum atomic E-state index is 12.4. The molecule has 0 saturated heterocycles. The molecule has 25 heavy (non-hydrogen) atoms. The van der Waals surface area contributed by atoms with Crippen molar-refractivity contribution in [2.75, 3.05) is 24.2 Å².